The third kappa shape index (κ3) is 10.1. The van der Waals surface area contributed by atoms with E-state index in [1.807, 2.05) is 0 Å². The maximum atomic E-state index is 7.94. The van der Waals surface area contributed by atoms with E-state index in [1.165, 1.54) is 0 Å². The molecule has 0 spiro atoms. The van der Waals surface area contributed by atoms with Gasteiger partial charge < -0.3 is 0 Å². The third-order valence-corrected chi connectivity index (χ3v) is 0. The van der Waals surface area contributed by atoms with E-state index in [1.54, 1.807) is 0 Å². The summed E-state index contributed by atoms with van der Waals surface area (Å²) in [4.78, 5) is 0. The van der Waals surface area contributed by atoms with Crippen molar-refractivity contribution in [1.82, 2.24) is 0 Å². The van der Waals surface area contributed by atoms with Crippen molar-refractivity contribution in [2.24, 2.45) is 0 Å². The first-order chi connectivity index (χ1) is 1.00. The van der Waals surface area contributed by atoms with Gasteiger partial charge in [-0.1, -0.05) is 0 Å². The molecule has 0 aliphatic rings. The summed E-state index contributed by atoms with van der Waals surface area (Å²) < 4.78 is 7.94. The van der Waals surface area contributed by atoms with E-state index < -0.39 is 0 Å². The normalized spacial score (nSPS) is 1.25. The minimum absolute atomic E-state index is 0. The van der Waals surface area contributed by atoms with Crippen LogP contribution in [0.15, 0.2) is 0 Å². The van der Waals surface area contributed by atoms with Crippen molar-refractivity contribution in [3.8, 4) is 0 Å². The van der Waals surface area contributed by atoms with Crippen molar-refractivity contribution in [1.29, 1.82) is 0 Å². The first-order valence-electron chi connectivity index (χ1n) is 0.136. The van der Waals surface area contributed by atoms with Gasteiger partial charge in [-0.3, -0.25) is 0 Å². The molecular weight excluding hydrogens is 154 g/mol. The summed E-state index contributed by atoms with van der Waals surface area (Å²) >= 11 is 2.31. The van der Waals surface area contributed by atoms with Crippen LogP contribution in [0.1, 0.15) is 0 Å². The van der Waals surface area contributed by atoms with Gasteiger partial charge in [0, 0.05) is 34.7 Å². The molecule has 3 radical (unpaired) electrons. The van der Waals surface area contributed by atoms with Crippen molar-refractivity contribution in [2.75, 3.05) is 0 Å². The Balaban J connectivity index is -0.00000000500. The van der Waals surface area contributed by atoms with Gasteiger partial charge in [-0.2, -0.15) is 0 Å². The van der Waals surface area contributed by atoms with Gasteiger partial charge in [0.25, 0.3) is 0 Å². The summed E-state index contributed by atoms with van der Waals surface area (Å²) in [6.45, 7) is 0. The van der Waals surface area contributed by atoms with Gasteiger partial charge in [0.2, 0.25) is 0 Å². The standard InChI is InChI=1S/Al.Co.Cr.O. The number of hydrogen-bond acceptors (Lipinski definition) is 1. The Labute approximate surface area is 54.2 Å². The quantitative estimate of drug-likeness (QED) is 0.429. The monoisotopic (exact) mass is 154 g/mol. The zero-order valence-electron chi connectivity index (χ0n) is 1.73. The maximum absolute atomic E-state index is 7.94. The van der Waals surface area contributed by atoms with Crippen LogP contribution in [0.2, 0.25) is 0 Å². The summed E-state index contributed by atoms with van der Waals surface area (Å²) in [7, 11) is 0. The van der Waals surface area contributed by atoms with Crippen molar-refractivity contribution < 1.29 is 36.9 Å². The van der Waals surface area contributed by atoms with Crippen molar-refractivity contribution in [3.05, 3.63) is 0 Å². The van der Waals surface area contributed by atoms with Gasteiger partial charge in [0.1, 0.15) is 0 Å². The average molecular weight is 154 g/mol. The number of hydrogen-bond donors (Lipinski definition) is 0. The van der Waals surface area contributed by atoms with Crippen LogP contribution in [0.4, 0.5) is 0 Å². The van der Waals surface area contributed by atoms with Gasteiger partial charge in [-0.15, -0.1) is 0 Å². The molecule has 0 rings (SSSR count). The zero-order chi connectivity index (χ0) is 2.00. The molecule has 0 atom stereocenters. The van der Waals surface area contributed by atoms with Crippen LogP contribution in [0.3, 0.4) is 0 Å². The SMILES string of the molecule is [Al].[Cr].[O]=[Co]. The molecular formula is AlCoCrO. The average Bonchev–Trinajstić information content (AvgIpc) is 1.00. The molecule has 4 heteroatoms. The molecule has 0 saturated heterocycles. The van der Waals surface area contributed by atoms with Crippen LogP contribution in [-0.4, -0.2) is 17.4 Å². The van der Waals surface area contributed by atoms with E-state index in [9.17, 15) is 0 Å². The molecule has 0 fully saturated rings. The van der Waals surface area contributed by atoms with Crippen molar-refractivity contribution in [2.45, 2.75) is 0 Å². The molecule has 0 saturated carbocycles. The Morgan fingerprint density at radius 2 is 1.25 bits per heavy atom. The second-order valence-corrected chi connectivity index (χ2v) is 0. The summed E-state index contributed by atoms with van der Waals surface area (Å²) in [6, 6.07) is 0. The van der Waals surface area contributed by atoms with Gasteiger partial charge in [0.15, 0.2) is 0 Å². The first-order valence-corrected chi connectivity index (χ1v) is 0.561. The summed E-state index contributed by atoms with van der Waals surface area (Å²) in [6.07, 6.45) is 0. The topological polar surface area (TPSA) is 17.1 Å². The van der Waals surface area contributed by atoms with Crippen molar-refractivity contribution >= 4 is 17.4 Å². The van der Waals surface area contributed by atoms with Crippen molar-refractivity contribution in [3.63, 3.8) is 0 Å². The second-order valence-electron chi connectivity index (χ2n) is 0. The van der Waals surface area contributed by atoms with Crippen LogP contribution in [-0.2, 0) is 36.9 Å². The fourth-order valence-electron chi connectivity index (χ4n) is 0. The minimum atomic E-state index is 0. The molecule has 1 nitrogen and oxygen atoms in total. The van der Waals surface area contributed by atoms with E-state index in [2.05, 4.69) is 15.7 Å². The van der Waals surface area contributed by atoms with Crippen LogP contribution >= 0.6 is 0 Å². The van der Waals surface area contributed by atoms with E-state index in [0.717, 1.165) is 0 Å². The van der Waals surface area contributed by atoms with E-state index in [4.69, 9.17) is 3.87 Å². The Morgan fingerprint density at radius 3 is 1.25 bits per heavy atom. The summed E-state index contributed by atoms with van der Waals surface area (Å²) in [5.74, 6) is 0. The molecule has 0 aromatic heterocycles. The Morgan fingerprint density at radius 1 is 1.25 bits per heavy atom. The molecule has 0 N–H and O–H groups in total. The van der Waals surface area contributed by atoms with Crippen LogP contribution in [0.5, 0.6) is 0 Å². The van der Waals surface area contributed by atoms with Gasteiger partial charge in [-0.25, -0.2) is 0 Å². The summed E-state index contributed by atoms with van der Waals surface area (Å²) in [5.41, 5.74) is 0. The Kier molecular flexibility index (Phi) is 121. The van der Waals surface area contributed by atoms with Crippen LogP contribution in [0, 0.1) is 0 Å². The van der Waals surface area contributed by atoms with Gasteiger partial charge in [-0.05, 0) is 0 Å². The molecule has 0 unspecified atom stereocenters. The summed E-state index contributed by atoms with van der Waals surface area (Å²) in [5, 5.41) is 0. The van der Waals surface area contributed by atoms with Gasteiger partial charge >= 0.3 is 19.5 Å². The molecule has 0 bridgehead atoms. The molecule has 0 heterocycles. The Hall–Kier alpha value is 1.37. The first kappa shape index (κ1) is 18.3. The van der Waals surface area contributed by atoms with E-state index >= 15 is 0 Å². The van der Waals surface area contributed by atoms with Gasteiger partial charge in [0.05, 0.1) is 0 Å². The molecule has 0 aliphatic carbocycles. The molecule has 0 aromatic rings. The van der Waals surface area contributed by atoms with E-state index in [0.29, 0.717) is 0 Å². The molecule has 0 aliphatic heterocycles. The molecule has 0 amide bonds. The van der Waals surface area contributed by atoms with Crippen LogP contribution in [0.25, 0.3) is 0 Å². The van der Waals surface area contributed by atoms with Crippen LogP contribution < -0.4 is 0 Å². The van der Waals surface area contributed by atoms with E-state index in [-0.39, 0.29) is 34.7 Å². The second kappa shape index (κ2) is 26.4. The fourth-order valence-corrected chi connectivity index (χ4v) is 0. The zero-order valence-corrected chi connectivity index (χ0v) is 5.20. The predicted molar refractivity (Wildman–Crippen MR) is 6.44 cm³/mol. The third-order valence-electron chi connectivity index (χ3n) is 0. The molecule has 24 valence electrons. The molecule has 4 heavy (non-hydrogen) atoms. The number of rotatable bonds is 0. The molecule has 0 aromatic carbocycles. The predicted octanol–water partition coefficient (Wildman–Crippen LogP) is -0.505. The Bertz CT molecular complexity index is 8.00. The fraction of sp³-hybridized carbons (Fsp3) is 0.